The molecule has 3 aromatic rings. The van der Waals surface area contributed by atoms with E-state index in [0.717, 1.165) is 22.3 Å². The number of rotatable bonds is 4. The van der Waals surface area contributed by atoms with Gasteiger partial charge in [-0.2, -0.15) is 0 Å². The first-order chi connectivity index (χ1) is 13.6. The van der Waals surface area contributed by atoms with E-state index in [1.54, 1.807) is 25.1 Å². The van der Waals surface area contributed by atoms with Gasteiger partial charge in [0.05, 0.1) is 11.3 Å². The van der Waals surface area contributed by atoms with Crippen molar-refractivity contribution in [2.45, 2.75) is 12.8 Å². The van der Waals surface area contributed by atoms with Gasteiger partial charge >= 0.3 is 12.1 Å². The van der Waals surface area contributed by atoms with Crippen LogP contribution in [0.25, 0.3) is 11.1 Å². The van der Waals surface area contributed by atoms with Crippen LogP contribution in [0.4, 0.5) is 10.5 Å². The fourth-order valence-corrected chi connectivity index (χ4v) is 3.80. The maximum absolute atomic E-state index is 12.4. The molecule has 140 valence electrons. The number of aromatic carboxylic acids is 1. The fourth-order valence-electron chi connectivity index (χ4n) is 3.80. The van der Waals surface area contributed by atoms with Crippen LogP contribution in [0, 0.1) is 6.92 Å². The summed E-state index contributed by atoms with van der Waals surface area (Å²) in [6, 6.07) is 21.1. The largest absolute Gasteiger partial charge is 0.478 e. The van der Waals surface area contributed by atoms with E-state index in [4.69, 9.17) is 4.74 Å². The van der Waals surface area contributed by atoms with Crippen molar-refractivity contribution >= 4 is 17.7 Å². The first-order valence-corrected chi connectivity index (χ1v) is 9.01. The number of anilines is 1. The number of ether oxygens (including phenoxy) is 1. The fraction of sp³-hybridized carbons (Fsp3) is 0.130. The van der Waals surface area contributed by atoms with Gasteiger partial charge in [0, 0.05) is 5.92 Å². The highest BCUT2D eigenvalue weighted by atomic mass is 16.5. The van der Waals surface area contributed by atoms with Crippen molar-refractivity contribution in [1.82, 2.24) is 0 Å². The highest BCUT2D eigenvalue weighted by Crippen LogP contribution is 2.44. The summed E-state index contributed by atoms with van der Waals surface area (Å²) in [6.07, 6.45) is -0.671. The van der Waals surface area contributed by atoms with Crippen molar-refractivity contribution in [3.8, 4) is 11.1 Å². The first kappa shape index (κ1) is 17.8. The van der Waals surface area contributed by atoms with Crippen molar-refractivity contribution in [1.29, 1.82) is 0 Å². The second-order valence-electron chi connectivity index (χ2n) is 6.75. The van der Waals surface area contributed by atoms with Gasteiger partial charge in [0.2, 0.25) is 0 Å². The van der Waals surface area contributed by atoms with Crippen molar-refractivity contribution in [3.63, 3.8) is 0 Å². The van der Waals surface area contributed by atoms with Crippen LogP contribution in [0.3, 0.4) is 0 Å². The predicted molar refractivity (Wildman–Crippen MR) is 107 cm³/mol. The van der Waals surface area contributed by atoms with E-state index in [2.05, 4.69) is 17.4 Å². The van der Waals surface area contributed by atoms with Crippen molar-refractivity contribution < 1.29 is 19.4 Å². The molecule has 4 rings (SSSR count). The van der Waals surface area contributed by atoms with Gasteiger partial charge in [-0.15, -0.1) is 0 Å². The van der Waals surface area contributed by atoms with Crippen LogP contribution in [0.1, 0.15) is 33.0 Å². The Morgan fingerprint density at radius 1 is 0.929 bits per heavy atom. The average molecular weight is 373 g/mol. The number of carboxylic acids is 1. The van der Waals surface area contributed by atoms with Gasteiger partial charge in [-0.3, -0.25) is 5.32 Å². The number of amides is 1. The lowest BCUT2D eigenvalue weighted by atomic mass is 9.98. The van der Waals surface area contributed by atoms with Crippen LogP contribution >= 0.6 is 0 Å². The number of hydrogen-bond acceptors (Lipinski definition) is 3. The van der Waals surface area contributed by atoms with E-state index in [-0.39, 0.29) is 23.8 Å². The minimum Gasteiger partial charge on any atom is -0.478 e. The molecule has 2 N–H and O–H groups in total. The van der Waals surface area contributed by atoms with Gasteiger partial charge in [-0.1, -0.05) is 60.7 Å². The van der Waals surface area contributed by atoms with E-state index >= 15 is 0 Å². The molecule has 1 aliphatic carbocycles. The lowest BCUT2D eigenvalue weighted by Crippen LogP contribution is -2.19. The van der Waals surface area contributed by atoms with Gasteiger partial charge in [-0.05, 0) is 40.8 Å². The molecule has 1 aliphatic rings. The average Bonchev–Trinajstić information content (AvgIpc) is 3.00. The maximum Gasteiger partial charge on any atom is 0.411 e. The molecule has 0 unspecified atom stereocenters. The Morgan fingerprint density at radius 2 is 1.54 bits per heavy atom. The zero-order chi connectivity index (χ0) is 19.7. The molecule has 0 aliphatic heterocycles. The Bertz CT molecular complexity index is 1030. The summed E-state index contributed by atoms with van der Waals surface area (Å²) in [5, 5.41) is 12.0. The molecule has 0 aromatic heterocycles. The summed E-state index contributed by atoms with van der Waals surface area (Å²) in [7, 11) is 0. The first-order valence-electron chi connectivity index (χ1n) is 9.01. The van der Waals surface area contributed by atoms with Gasteiger partial charge < -0.3 is 9.84 Å². The molecule has 0 heterocycles. The van der Waals surface area contributed by atoms with E-state index in [1.165, 1.54) is 0 Å². The number of aryl methyl sites for hydroxylation is 1. The van der Waals surface area contributed by atoms with E-state index in [9.17, 15) is 14.7 Å². The number of carbonyl (C=O) groups excluding carboxylic acids is 1. The minimum absolute atomic E-state index is 0.0467. The third kappa shape index (κ3) is 3.11. The normalized spacial score (nSPS) is 12.2. The summed E-state index contributed by atoms with van der Waals surface area (Å²) in [4.78, 5) is 23.8. The highest BCUT2D eigenvalue weighted by molar-refractivity contribution is 6.00. The van der Waals surface area contributed by atoms with Crippen LogP contribution in [0.2, 0.25) is 0 Å². The predicted octanol–water partition coefficient (Wildman–Crippen LogP) is 5.05. The maximum atomic E-state index is 12.4. The summed E-state index contributed by atoms with van der Waals surface area (Å²) >= 11 is 0. The second kappa shape index (κ2) is 7.19. The van der Waals surface area contributed by atoms with Crippen molar-refractivity contribution in [3.05, 3.63) is 89.0 Å². The molecule has 0 radical (unpaired) electrons. The molecule has 5 nitrogen and oxygen atoms in total. The van der Waals surface area contributed by atoms with Crippen molar-refractivity contribution in [2.24, 2.45) is 0 Å². The van der Waals surface area contributed by atoms with E-state index in [1.807, 2.05) is 36.4 Å². The number of benzene rings is 3. The number of hydrogen-bond donors (Lipinski definition) is 2. The smallest absolute Gasteiger partial charge is 0.411 e. The second-order valence-corrected chi connectivity index (χ2v) is 6.75. The quantitative estimate of drug-likeness (QED) is 0.671. The van der Waals surface area contributed by atoms with Gasteiger partial charge in [0.15, 0.2) is 0 Å². The molecule has 1 amide bonds. The molecular formula is C23H19NO4. The third-order valence-corrected chi connectivity index (χ3v) is 5.07. The molecule has 0 saturated heterocycles. The molecule has 0 saturated carbocycles. The topological polar surface area (TPSA) is 75.6 Å². The summed E-state index contributed by atoms with van der Waals surface area (Å²) in [5.74, 6) is -1.14. The Labute approximate surface area is 162 Å². The molecule has 0 fully saturated rings. The van der Waals surface area contributed by atoms with Gasteiger partial charge in [0.25, 0.3) is 0 Å². The number of carbonyl (C=O) groups is 2. The van der Waals surface area contributed by atoms with Crippen LogP contribution in [-0.4, -0.2) is 23.8 Å². The third-order valence-electron chi connectivity index (χ3n) is 5.07. The molecule has 0 bridgehead atoms. The summed E-state index contributed by atoms with van der Waals surface area (Å²) in [5.41, 5.74) is 5.42. The zero-order valence-corrected chi connectivity index (χ0v) is 15.3. The summed E-state index contributed by atoms with van der Waals surface area (Å²) in [6.45, 7) is 1.86. The Morgan fingerprint density at radius 3 is 2.14 bits per heavy atom. The van der Waals surface area contributed by atoms with Crippen molar-refractivity contribution in [2.75, 3.05) is 11.9 Å². The molecule has 0 spiro atoms. The number of fused-ring (bicyclic) bond motifs is 3. The molecule has 28 heavy (non-hydrogen) atoms. The van der Waals surface area contributed by atoms with Crippen LogP contribution in [0.15, 0.2) is 66.7 Å². The van der Waals surface area contributed by atoms with E-state index in [0.29, 0.717) is 5.56 Å². The van der Waals surface area contributed by atoms with Crippen LogP contribution < -0.4 is 5.32 Å². The number of nitrogens with one attached hydrogen (secondary N) is 1. The lowest BCUT2D eigenvalue weighted by molar-refractivity contribution is 0.0697. The van der Waals surface area contributed by atoms with Crippen LogP contribution in [-0.2, 0) is 4.74 Å². The van der Waals surface area contributed by atoms with Gasteiger partial charge in [0.1, 0.15) is 6.61 Å². The SMILES string of the molecule is Cc1cccc(NC(=O)OCC2c3ccccc3-c3ccccc32)c1C(=O)O. The van der Waals surface area contributed by atoms with E-state index < -0.39 is 12.1 Å². The summed E-state index contributed by atoms with van der Waals surface area (Å²) < 4.78 is 5.48. The Kier molecular flexibility index (Phi) is 4.57. The van der Waals surface area contributed by atoms with Gasteiger partial charge in [-0.25, -0.2) is 9.59 Å². The molecule has 5 heteroatoms. The monoisotopic (exact) mass is 373 g/mol. The molecular weight excluding hydrogens is 354 g/mol. The minimum atomic E-state index is -1.09. The standard InChI is InChI=1S/C23H19NO4/c1-14-7-6-12-20(21(14)22(25)26)24-23(27)28-13-19-17-10-4-2-8-15(17)16-9-3-5-11-18(16)19/h2-12,19H,13H2,1H3,(H,24,27)(H,25,26). The molecule has 0 atom stereocenters. The number of carboxylic acid groups (broad SMARTS) is 1. The van der Waals surface area contributed by atoms with Crippen LogP contribution in [0.5, 0.6) is 0 Å². The highest BCUT2D eigenvalue weighted by Gasteiger charge is 2.29. The Balaban J connectivity index is 1.52. The zero-order valence-electron chi connectivity index (χ0n) is 15.3. The Hall–Kier alpha value is -3.60. The lowest BCUT2D eigenvalue weighted by Gasteiger charge is -2.15. The molecule has 3 aromatic carbocycles.